The molecule has 12 nitrogen and oxygen atoms in total. The smallest absolute Gasteiger partial charge is 0.334 e. The molecule has 310 valence electrons. The summed E-state index contributed by atoms with van der Waals surface area (Å²) in [5.74, 6) is -4.06. The molecule has 2 heterocycles. The fourth-order valence-corrected chi connectivity index (χ4v) is 10.4. The molecule has 0 saturated carbocycles. The Morgan fingerprint density at radius 3 is 2.39 bits per heavy atom. The number of aliphatic hydroxyl groups excluding tert-OH is 1. The summed E-state index contributed by atoms with van der Waals surface area (Å²) in [7, 11) is -6.24. The number of hydrogen-bond donors (Lipinski definition) is 2. The first-order chi connectivity index (χ1) is 28.0. The van der Waals surface area contributed by atoms with Crippen LogP contribution in [-0.4, -0.2) is 77.3 Å². The van der Waals surface area contributed by atoms with Crippen LogP contribution < -0.4 is 4.74 Å². The molecule has 0 aliphatic heterocycles. The van der Waals surface area contributed by atoms with E-state index in [-0.39, 0.29) is 41.7 Å². The lowest BCUT2D eigenvalue weighted by Gasteiger charge is -2.28. The summed E-state index contributed by atoms with van der Waals surface area (Å²) < 4.78 is 95.1. The van der Waals surface area contributed by atoms with Crippen molar-refractivity contribution in [2.75, 3.05) is 29.6 Å². The second kappa shape index (κ2) is 17.9. The van der Waals surface area contributed by atoms with Gasteiger partial charge in [0.05, 0.1) is 45.1 Å². The molecule has 1 unspecified atom stereocenters. The van der Waals surface area contributed by atoms with E-state index in [1.165, 1.54) is 22.9 Å². The van der Waals surface area contributed by atoms with Crippen LogP contribution in [0, 0.1) is 11.6 Å². The maximum atomic E-state index is 15.6. The maximum absolute atomic E-state index is 15.6. The largest absolute Gasteiger partial charge is 0.457 e. The Balaban J connectivity index is 1.34. The number of ether oxygens (including phenoxy) is 2. The van der Waals surface area contributed by atoms with Crippen molar-refractivity contribution in [2.45, 2.75) is 32.3 Å². The molecule has 6 rings (SSSR count). The molecule has 59 heavy (non-hydrogen) atoms. The number of H-pyrrole nitrogens is 1. The topological polar surface area (TPSA) is 171 Å². The van der Waals surface area contributed by atoms with Crippen LogP contribution in [0.25, 0.3) is 28.4 Å². The van der Waals surface area contributed by atoms with Gasteiger partial charge in [0.2, 0.25) is 0 Å². The Morgan fingerprint density at radius 1 is 0.932 bits per heavy atom. The molecule has 1 atom stereocenters. The van der Waals surface area contributed by atoms with E-state index in [1.54, 1.807) is 63.5 Å². The van der Waals surface area contributed by atoms with Gasteiger partial charge in [0.1, 0.15) is 18.2 Å². The van der Waals surface area contributed by atoms with E-state index in [1.807, 2.05) is 30.3 Å². The number of fused-ring (bicyclic) bond motifs is 1. The fourth-order valence-electron chi connectivity index (χ4n) is 6.38. The molecular formula is C42H41BrF2N4O8S2. The van der Waals surface area contributed by atoms with Crippen molar-refractivity contribution in [3.05, 3.63) is 135 Å². The molecule has 2 aromatic heterocycles. The zero-order valence-corrected chi connectivity index (χ0v) is 35.5. The molecule has 0 amide bonds. The SMILES string of the molecule is CC(=Cc1cccc(C(C)(CCS(=O)(=O)CCS(=O)(=O)CCO)c2nc(-c3cc(Oc4c(F)cc5[nH]ccc5c4Br)ccc3F)n(C)n2)c1)C(=O)OCc1ccccc1. The normalized spacial score (nSPS) is 13.4. The first-order valence-corrected chi connectivity index (χ1v) is 22.8. The summed E-state index contributed by atoms with van der Waals surface area (Å²) in [4.78, 5) is 20.6. The monoisotopic (exact) mass is 910 g/mol. The van der Waals surface area contributed by atoms with Crippen LogP contribution in [0.3, 0.4) is 0 Å². The van der Waals surface area contributed by atoms with E-state index in [0.717, 1.165) is 11.6 Å². The van der Waals surface area contributed by atoms with Gasteiger partial charge in [0, 0.05) is 35.8 Å². The van der Waals surface area contributed by atoms with Crippen LogP contribution in [0.4, 0.5) is 8.78 Å². The molecule has 17 heteroatoms. The number of aliphatic hydroxyl groups is 1. The first-order valence-electron chi connectivity index (χ1n) is 18.3. The number of hydrogen-bond acceptors (Lipinski definition) is 10. The average molecular weight is 912 g/mol. The highest BCUT2D eigenvalue weighted by Crippen LogP contribution is 2.40. The third-order valence-corrected chi connectivity index (χ3v) is 14.1. The van der Waals surface area contributed by atoms with Crippen molar-refractivity contribution in [1.29, 1.82) is 0 Å². The van der Waals surface area contributed by atoms with E-state index in [2.05, 4.69) is 26.0 Å². The highest BCUT2D eigenvalue weighted by Gasteiger charge is 2.36. The van der Waals surface area contributed by atoms with Gasteiger partial charge in [-0.05, 0) is 83.2 Å². The Morgan fingerprint density at radius 2 is 1.66 bits per heavy atom. The standard InChI is InChI=1S/C42H41BrF2N4O8S2/c1-27(40(51)56-26-28-8-5-4-6-9-28)22-29-10-7-11-30(23-29)42(2,15-18-58(52,53)20-21-59(54,55)19-17-50)41-47-39(49(3)48-41)33-24-31(12-13-34(33)44)57-38-35(45)25-36-32(37(38)43)14-16-46-36/h4-14,16,22-25,46,50H,15,17-21,26H2,1-3H3. The van der Waals surface area contributed by atoms with Crippen LogP contribution >= 0.6 is 15.9 Å². The molecule has 0 bridgehead atoms. The van der Waals surface area contributed by atoms with Gasteiger partial charge < -0.3 is 19.6 Å². The minimum atomic E-state index is -3.98. The molecule has 0 saturated heterocycles. The van der Waals surface area contributed by atoms with Gasteiger partial charge >= 0.3 is 5.97 Å². The number of carbonyl (C=O) groups excluding carboxylic acids is 1. The summed E-state index contributed by atoms with van der Waals surface area (Å²) in [6.45, 7) is 2.79. The number of rotatable bonds is 17. The number of nitrogens with one attached hydrogen (secondary N) is 1. The van der Waals surface area contributed by atoms with Crippen molar-refractivity contribution in [3.8, 4) is 22.9 Å². The highest BCUT2D eigenvalue weighted by molar-refractivity contribution is 9.10. The number of benzene rings is 4. The Kier molecular flexibility index (Phi) is 13.2. The highest BCUT2D eigenvalue weighted by atomic mass is 79.9. The predicted octanol–water partition coefficient (Wildman–Crippen LogP) is 7.46. The summed E-state index contributed by atoms with van der Waals surface area (Å²) in [6.07, 6.45) is 3.17. The molecule has 0 aliphatic carbocycles. The number of aromatic amines is 1. The number of carbonyl (C=O) groups is 1. The van der Waals surface area contributed by atoms with E-state index in [9.17, 15) is 21.6 Å². The lowest BCUT2D eigenvalue weighted by atomic mass is 9.78. The Labute approximate surface area is 348 Å². The predicted molar refractivity (Wildman–Crippen MR) is 224 cm³/mol. The summed E-state index contributed by atoms with van der Waals surface area (Å²) >= 11 is 3.41. The summed E-state index contributed by atoms with van der Waals surface area (Å²) in [6, 6.07) is 23.1. The van der Waals surface area contributed by atoms with Gasteiger partial charge in [-0.3, -0.25) is 0 Å². The molecular weight excluding hydrogens is 871 g/mol. The third kappa shape index (κ3) is 10.3. The summed E-state index contributed by atoms with van der Waals surface area (Å²) in [5.41, 5.74) is 1.51. The van der Waals surface area contributed by atoms with Gasteiger partial charge in [-0.1, -0.05) is 54.6 Å². The molecule has 0 aliphatic rings. The number of halogens is 3. The average Bonchev–Trinajstić information content (AvgIpc) is 3.85. The van der Waals surface area contributed by atoms with Gasteiger partial charge in [-0.2, -0.15) is 5.10 Å². The van der Waals surface area contributed by atoms with Gasteiger partial charge in [0.25, 0.3) is 0 Å². The van der Waals surface area contributed by atoms with Crippen molar-refractivity contribution in [2.24, 2.45) is 7.05 Å². The van der Waals surface area contributed by atoms with E-state index >= 15 is 8.78 Å². The molecule has 6 aromatic rings. The van der Waals surface area contributed by atoms with Crippen LogP contribution in [-0.2, 0) is 48.3 Å². The quantitative estimate of drug-likeness (QED) is 0.0692. The zero-order chi connectivity index (χ0) is 42.5. The third-order valence-electron chi connectivity index (χ3n) is 9.82. The Hall–Kier alpha value is -5.23. The van der Waals surface area contributed by atoms with E-state index in [4.69, 9.17) is 19.6 Å². The molecule has 0 spiro atoms. The first kappa shape index (κ1) is 43.4. The zero-order valence-electron chi connectivity index (χ0n) is 32.3. The summed E-state index contributed by atoms with van der Waals surface area (Å²) in [5, 5.41) is 14.4. The van der Waals surface area contributed by atoms with Crippen molar-refractivity contribution < 1.29 is 45.0 Å². The van der Waals surface area contributed by atoms with E-state index < -0.39 is 72.3 Å². The number of aryl methyl sites for hydroxylation is 1. The number of esters is 1. The van der Waals surface area contributed by atoms with Crippen LogP contribution in [0.2, 0.25) is 0 Å². The molecule has 0 radical (unpaired) electrons. The van der Waals surface area contributed by atoms with Crippen LogP contribution in [0.15, 0.2) is 101 Å². The maximum Gasteiger partial charge on any atom is 0.334 e. The number of aromatic nitrogens is 4. The second-order valence-corrected chi connectivity index (χ2v) is 19.6. The molecule has 4 aromatic carbocycles. The van der Waals surface area contributed by atoms with Gasteiger partial charge in [0.15, 0.2) is 42.9 Å². The lowest BCUT2D eigenvalue weighted by Crippen LogP contribution is -2.30. The second-order valence-electron chi connectivity index (χ2n) is 14.2. The molecule has 2 N–H and O–H groups in total. The molecule has 0 fully saturated rings. The van der Waals surface area contributed by atoms with Gasteiger partial charge in [-0.25, -0.2) is 40.1 Å². The van der Waals surface area contributed by atoms with Crippen LogP contribution in [0.5, 0.6) is 11.5 Å². The minimum absolute atomic E-state index is 0.0339. The lowest BCUT2D eigenvalue weighted by molar-refractivity contribution is -0.140. The Bertz CT molecular complexity index is 2760. The number of nitrogens with zero attached hydrogens (tertiary/aromatic N) is 3. The van der Waals surface area contributed by atoms with Crippen LogP contribution in [0.1, 0.15) is 42.8 Å². The van der Waals surface area contributed by atoms with Crippen molar-refractivity contribution in [1.82, 2.24) is 19.7 Å². The fraction of sp³-hybridized carbons (Fsp3) is 0.262. The van der Waals surface area contributed by atoms with E-state index in [0.29, 0.717) is 32.1 Å². The van der Waals surface area contributed by atoms with Gasteiger partial charge in [-0.15, -0.1) is 0 Å². The number of sulfone groups is 2. The minimum Gasteiger partial charge on any atom is -0.457 e. The van der Waals surface area contributed by atoms with Crippen molar-refractivity contribution >= 4 is 58.6 Å². The van der Waals surface area contributed by atoms with Crippen molar-refractivity contribution in [3.63, 3.8) is 0 Å².